The number of amides is 1. The Hall–Kier alpha value is -3.24. The zero-order valence-electron chi connectivity index (χ0n) is 18.6. The van der Waals surface area contributed by atoms with Gasteiger partial charge in [-0.2, -0.15) is 0 Å². The van der Waals surface area contributed by atoms with Crippen LogP contribution in [0.5, 0.6) is 0 Å². The predicted octanol–water partition coefficient (Wildman–Crippen LogP) is 5.19. The van der Waals surface area contributed by atoms with E-state index in [1.54, 1.807) is 0 Å². The third-order valence-corrected chi connectivity index (χ3v) is 5.84. The Bertz CT molecular complexity index is 1170. The lowest BCUT2D eigenvalue weighted by atomic mass is 9.88. The van der Waals surface area contributed by atoms with E-state index in [9.17, 15) is 4.79 Å². The van der Waals surface area contributed by atoms with Gasteiger partial charge in [-0.25, -0.2) is 0 Å². The van der Waals surface area contributed by atoms with Crippen molar-refractivity contribution in [1.29, 1.82) is 0 Å². The highest BCUT2D eigenvalue weighted by Gasteiger charge is 2.29. The molecule has 158 valence electrons. The second-order valence-electron chi connectivity index (χ2n) is 9.00. The SMILES string of the molecule is CC1=NCc2ccc(-c3cccc(C(=O)NC(c4cccc(C)c4)C(C)(C)N)c3)cc21. The Morgan fingerprint density at radius 2 is 1.74 bits per heavy atom. The highest BCUT2D eigenvalue weighted by atomic mass is 16.1. The molecular formula is C27H29N3O. The van der Waals surface area contributed by atoms with Gasteiger partial charge in [-0.05, 0) is 68.1 Å². The number of hydrogen-bond donors (Lipinski definition) is 2. The molecule has 0 spiro atoms. The Labute approximate surface area is 184 Å². The largest absolute Gasteiger partial charge is 0.343 e. The first-order valence-corrected chi connectivity index (χ1v) is 10.6. The topological polar surface area (TPSA) is 67.5 Å². The lowest BCUT2D eigenvalue weighted by Crippen LogP contribution is -2.48. The van der Waals surface area contributed by atoms with Crippen LogP contribution in [0.1, 0.15) is 59.4 Å². The number of fused-ring (bicyclic) bond motifs is 1. The molecule has 4 nitrogen and oxygen atoms in total. The first-order valence-electron chi connectivity index (χ1n) is 10.6. The standard InChI is InChI=1S/C27H29N3O/c1-17-7-5-9-21(13-17)25(27(3,4)28)30-26(31)22-10-6-8-19(14-22)20-11-12-23-16-29-18(2)24(23)15-20/h5-15,25H,16,28H2,1-4H3,(H,30,31). The molecule has 0 fully saturated rings. The number of aryl methyl sites for hydroxylation is 1. The van der Waals surface area contributed by atoms with Gasteiger partial charge in [-0.15, -0.1) is 0 Å². The van der Waals surface area contributed by atoms with Crippen molar-refractivity contribution in [2.75, 3.05) is 0 Å². The molecule has 3 aromatic rings. The van der Waals surface area contributed by atoms with E-state index in [2.05, 4.69) is 34.6 Å². The minimum Gasteiger partial charge on any atom is -0.343 e. The van der Waals surface area contributed by atoms with Crippen LogP contribution in [0.2, 0.25) is 0 Å². The lowest BCUT2D eigenvalue weighted by molar-refractivity contribution is 0.0919. The molecule has 1 aliphatic rings. The Kier molecular flexibility index (Phi) is 5.50. The zero-order valence-corrected chi connectivity index (χ0v) is 18.6. The van der Waals surface area contributed by atoms with E-state index < -0.39 is 5.54 Å². The van der Waals surface area contributed by atoms with Crippen LogP contribution in [0, 0.1) is 6.92 Å². The highest BCUT2D eigenvalue weighted by molar-refractivity contribution is 6.03. The van der Waals surface area contributed by atoms with Crippen molar-refractivity contribution in [1.82, 2.24) is 5.32 Å². The molecule has 0 saturated heterocycles. The van der Waals surface area contributed by atoms with E-state index in [1.165, 1.54) is 11.1 Å². The average molecular weight is 412 g/mol. The molecule has 1 heterocycles. The van der Waals surface area contributed by atoms with Gasteiger partial charge in [0.25, 0.3) is 5.91 Å². The highest BCUT2D eigenvalue weighted by Crippen LogP contribution is 2.28. The summed E-state index contributed by atoms with van der Waals surface area (Å²) < 4.78 is 0. The van der Waals surface area contributed by atoms with E-state index in [0.29, 0.717) is 5.56 Å². The minimum atomic E-state index is -0.613. The molecule has 1 aliphatic heterocycles. The van der Waals surface area contributed by atoms with Gasteiger partial charge in [0, 0.05) is 22.4 Å². The summed E-state index contributed by atoms with van der Waals surface area (Å²) in [6, 6.07) is 21.9. The molecule has 3 aromatic carbocycles. The maximum atomic E-state index is 13.2. The molecule has 0 saturated carbocycles. The van der Waals surface area contributed by atoms with Crippen LogP contribution in [0.3, 0.4) is 0 Å². The van der Waals surface area contributed by atoms with Crippen molar-refractivity contribution >= 4 is 11.6 Å². The summed E-state index contributed by atoms with van der Waals surface area (Å²) in [6.45, 7) is 8.70. The molecule has 4 rings (SSSR count). The lowest BCUT2D eigenvalue weighted by Gasteiger charge is -2.32. The van der Waals surface area contributed by atoms with Crippen LogP contribution >= 0.6 is 0 Å². The summed E-state index contributed by atoms with van der Waals surface area (Å²) in [5.41, 5.74) is 14.2. The molecule has 1 unspecified atom stereocenters. The second-order valence-corrected chi connectivity index (χ2v) is 9.00. The average Bonchev–Trinajstić information content (AvgIpc) is 3.11. The molecule has 4 heteroatoms. The number of carbonyl (C=O) groups is 1. The van der Waals surface area contributed by atoms with Crippen LogP contribution in [0.25, 0.3) is 11.1 Å². The van der Waals surface area contributed by atoms with E-state index in [0.717, 1.165) is 34.5 Å². The van der Waals surface area contributed by atoms with E-state index >= 15 is 0 Å². The second kappa shape index (κ2) is 8.12. The summed E-state index contributed by atoms with van der Waals surface area (Å²) in [4.78, 5) is 17.7. The fourth-order valence-corrected chi connectivity index (χ4v) is 4.12. The smallest absolute Gasteiger partial charge is 0.251 e. The van der Waals surface area contributed by atoms with Gasteiger partial charge in [0.05, 0.1) is 12.6 Å². The van der Waals surface area contributed by atoms with Gasteiger partial charge in [0.15, 0.2) is 0 Å². The minimum absolute atomic E-state index is 0.134. The summed E-state index contributed by atoms with van der Waals surface area (Å²) in [5.74, 6) is -0.134. The van der Waals surface area contributed by atoms with Gasteiger partial charge in [-0.1, -0.05) is 54.1 Å². The Morgan fingerprint density at radius 1 is 1.00 bits per heavy atom. The van der Waals surface area contributed by atoms with Crippen molar-refractivity contribution in [2.45, 2.75) is 45.8 Å². The van der Waals surface area contributed by atoms with Crippen LogP contribution in [0.4, 0.5) is 0 Å². The van der Waals surface area contributed by atoms with Gasteiger partial charge in [0.2, 0.25) is 0 Å². The number of nitrogens with zero attached hydrogens (tertiary/aromatic N) is 1. The van der Waals surface area contributed by atoms with Crippen molar-refractivity contribution in [3.05, 3.63) is 94.5 Å². The summed E-state index contributed by atoms with van der Waals surface area (Å²) in [6.07, 6.45) is 0. The van der Waals surface area contributed by atoms with Gasteiger partial charge in [0.1, 0.15) is 0 Å². The number of nitrogens with one attached hydrogen (secondary N) is 1. The van der Waals surface area contributed by atoms with Gasteiger partial charge >= 0.3 is 0 Å². The molecule has 31 heavy (non-hydrogen) atoms. The van der Waals surface area contributed by atoms with Crippen molar-refractivity contribution in [3.63, 3.8) is 0 Å². The number of carbonyl (C=O) groups excluding carboxylic acids is 1. The number of nitrogens with two attached hydrogens (primary N) is 1. The molecule has 0 bridgehead atoms. The van der Waals surface area contributed by atoms with Crippen LogP contribution in [0.15, 0.2) is 71.7 Å². The molecule has 0 radical (unpaired) electrons. The van der Waals surface area contributed by atoms with Crippen molar-refractivity contribution < 1.29 is 4.79 Å². The van der Waals surface area contributed by atoms with Gasteiger partial charge in [-0.3, -0.25) is 9.79 Å². The predicted molar refractivity (Wildman–Crippen MR) is 127 cm³/mol. The van der Waals surface area contributed by atoms with E-state index in [4.69, 9.17) is 5.73 Å². The molecule has 0 aromatic heterocycles. The Balaban J connectivity index is 1.62. The molecule has 1 atom stereocenters. The Morgan fingerprint density at radius 3 is 2.48 bits per heavy atom. The first kappa shape index (κ1) is 21.0. The van der Waals surface area contributed by atoms with Crippen LogP contribution in [-0.2, 0) is 6.54 Å². The first-order chi connectivity index (χ1) is 14.7. The molecule has 1 amide bonds. The summed E-state index contributed by atoms with van der Waals surface area (Å²) in [7, 11) is 0. The summed E-state index contributed by atoms with van der Waals surface area (Å²) in [5, 5.41) is 3.16. The molecule has 3 N–H and O–H groups in total. The fourth-order valence-electron chi connectivity index (χ4n) is 4.12. The summed E-state index contributed by atoms with van der Waals surface area (Å²) >= 11 is 0. The zero-order chi connectivity index (χ0) is 22.2. The van der Waals surface area contributed by atoms with Crippen LogP contribution < -0.4 is 11.1 Å². The fraction of sp³-hybridized carbons (Fsp3) is 0.259. The quantitative estimate of drug-likeness (QED) is 0.606. The normalized spacial score (nSPS) is 14.0. The number of benzene rings is 3. The third-order valence-electron chi connectivity index (χ3n) is 5.84. The van der Waals surface area contributed by atoms with Gasteiger partial charge < -0.3 is 11.1 Å². The number of rotatable bonds is 5. The molecular weight excluding hydrogens is 382 g/mol. The molecule has 0 aliphatic carbocycles. The van der Waals surface area contributed by atoms with Crippen molar-refractivity contribution in [3.8, 4) is 11.1 Å². The number of hydrogen-bond acceptors (Lipinski definition) is 3. The van der Waals surface area contributed by atoms with Crippen molar-refractivity contribution in [2.24, 2.45) is 10.7 Å². The van der Waals surface area contributed by atoms with E-state index in [1.807, 2.05) is 70.2 Å². The third kappa shape index (κ3) is 4.44. The maximum absolute atomic E-state index is 13.2. The number of aliphatic imine (C=N–C) groups is 1. The maximum Gasteiger partial charge on any atom is 0.251 e. The monoisotopic (exact) mass is 411 g/mol. The van der Waals surface area contributed by atoms with E-state index in [-0.39, 0.29) is 11.9 Å². The van der Waals surface area contributed by atoms with Crippen LogP contribution in [-0.4, -0.2) is 17.2 Å².